The Kier molecular flexibility index (Phi) is 10.7. The Hall–Kier alpha value is -1.24. The molecule has 0 heterocycles. The van der Waals surface area contributed by atoms with Gasteiger partial charge in [-0.1, -0.05) is 30.3 Å². The molecule has 0 aliphatic carbocycles. The number of rotatable bonds is 13. The molecule has 8 heteroatoms. The molecule has 0 spiro atoms. The average Bonchev–Trinajstić information content (AvgIpc) is 2.65. The van der Waals surface area contributed by atoms with E-state index < -0.39 is 19.2 Å². The van der Waals surface area contributed by atoms with Crippen LogP contribution in [0.15, 0.2) is 30.3 Å². The van der Waals surface area contributed by atoms with Gasteiger partial charge in [0, 0.05) is 26.2 Å². The van der Waals surface area contributed by atoms with E-state index in [1.165, 1.54) is 0 Å². The fraction of sp³-hybridized carbons (Fsp3) is 0.611. The summed E-state index contributed by atoms with van der Waals surface area (Å²) in [5, 5.41) is 2.83. The fourth-order valence-electron chi connectivity index (χ4n) is 2.40. The van der Waals surface area contributed by atoms with Crippen LogP contribution in [0.25, 0.3) is 0 Å². The van der Waals surface area contributed by atoms with Crippen LogP contribution >= 0.6 is 7.37 Å². The molecule has 0 radical (unpaired) electrons. The van der Waals surface area contributed by atoms with Crippen LogP contribution in [0.3, 0.4) is 0 Å². The molecule has 7 nitrogen and oxygen atoms in total. The quantitative estimate of drug-likeness (QED) is 0.399. The third-order valence-corrected chi connectivity index (χ3v) is 6.44. The number of benzene rings is 1. The van der Waals surface area contributed by atoms with Gasteiger partial charge in [-0.2, -0.15) is 0 Å². The molecular formula is C18H31N2O5P. The molecular weight excluding hydrogens is 355 g/mol. The van der Waals surface area contributed by atoms with Crippen molar-refractivity contribution in [1.29, 1.82) is 0 Å². The fourth-order valence-corrected chi connectivity index (χ4v) is 4.63. The summed E-state index contributed by atoms with van der Waals surface area (Å²) in [6.45, 7) is 6.62. The Morgan fingerprint density at radius 3 is 2.27 bits per heavy atom. The molecule has 148 valence electrons. The predicted octanol–water partition coefficient (Wildman–Crippen LogP) is 3.04. The summed E-state index contributed by atoms with van der Waals surface area (Å²) in [4.78, 5) is 12.1. The van der Waals surface area contributed by atoms with Crippen molar-refractivity contribution in [3.05, 3.63) is 35.9 Å². The Bertz CT molecular complexity index is 564. The van der Waals surface area contributed by atoms with Crippen LogP contribution in [0.5, 0.6) is 0 Å². The molecule has 1 aromatic rings. The second-order valence-corrected chi connectivity index (χ2v) is 8.28. The SMILES string of the molecule is CCOC(OCC)P(=O)(OCC)[C@@H](N)CCC(=O)NCc1ccccc1. The highest BCUT2D eigenvalue weighted by Gasteiger charge is 2.41. The van der Waals surface area contributed by atoms with Crippen LogP contribution in [-0.4, -0.2) is 37.5 Å². The third-order valence-electron chi connectivity index (χ3n) is 3.71. The van der Waals surface area contributed by atoms with Gasteiger partial charge in [-0.3, -0.25) is 9.36 Å². The predicted molar refractivity (Wildman–Crippen MR) is 102 cm³/mol. The van der Waals surface area contributed by atoms with Crippen LogP contribution in [0, 0.1) is 0 Å². The highest BCUT2D eigenvalue weighted by Crippen LogP contribution is 2.56. The zero-order chi connectivity index (χ0) is 19.4. The second-order valence-electron chi connectivity index (χ2n) is 5.65. The van der Waals surface area contributed by atoms with E-state index in [0.29, 0.717) is 19.8 Å². The number of carbonyl (C=O) groups is 1. The summed E-state index contributed by atoms with van der Waals surface area (Å²) < 4.78 is 29.6. The normalized spacial score (nSPS) is 14.8. The van der Waals surface area contributed by atoms with Gasteiger partial charge in [-0.25, -0.2) is 0 Å². The Labute approximate surface area is 156 Å². The number of nitrogens with one attached hydrogen (secondary N) is 1. The number of nitrogens with two attached hydrogens (primary N) is 1. The van der Waals surface area contributed by atoms with Crippen molar-refractivity contribution in [1.82, 2.24) is 5.32 Å². The van der Waals surface area contributed by atoms with Crippen molar-refractivity contribution in [3.8, 4) is 0 Å². The van der Waals surface area contributed by atoms with Crippen LogP contribution in [0.1, 0.15) is 39.2 Å². The zero-order valence-corrected chi connectivity index (χ0v) is 16.7. The highest BCUT2D eigenvalue weighted by molar-refractivity contribution is 7.60. The van der Waals surface area contributed by atoms with E-state index in [-0.39, 0.29) is 25.4 Å². The Morgan fingerprint density at radius 2 is 1.73 bits per heavy atom. The molecule has 0 fully saturated rings. The van der Waals surface area contributed by atoms with E-state index in [4.69, 9.17) is 19.7 Å². The number of amides is 1. The summed E-state index contributed by atoms with van der Waals surface area (Å²) in [5.41, 5.74) is 7.14. The van der Waals surface area contributed by atoms with E-state index in [1.807, 2.05) is 30.3 Å². The minimum Gasteiger partial charge on any atom is -0.352 e. The molecule has 0 aliphatic rings. The van der Waals surface area contributed by atoms with Gasteiger partial charge < -0.3 is 25.0 Å². The molecule has 0 saturated heterocycles. The van der Waals surface area contributed by atoms with Gasteiger partial charge in [-0.05, 0) is 32.8 Å². The second kappa shape index (κ2) is 12.2. The van der Waals surface area contributed by atoms with Gasteiger partial charge in [0.2, 0.25) is 11.9 Å². The summed E-state index contributed by atoms with van der Waals surface area (Å²) in [6.07, 6.45) is 0.366. The maximum Gasteiger partial charge on any atom is 0.273 e. The van der Waals surface area contributed by atoms with Crippen molar-refractivity contribution < 1.29 is 23.4 Å². The topological polar surface area (TPSA) is 99.9 Å². The molecule has 3 N–H and O–H groups in total. The van der Waals surface area contributed by atoms with Gasteiger partial charge in [0.15, 0.2) is 0 Å². The Balaban J connectivity index is 2.61. The van der Waals surface area contributed by atoms with Crippen molar-refractivity contribution in [3.63, 3.8) is 0 Å². The molecule has 1 unspecified atom stereocenters. The first kappa shape index (κ1) is 22.8. The lowest BCUT2D eigenvalue weighted by Crippen LogP contribution is -2.33. The summed E-state index contributed by atoms with van der Waals surface area (Å²) in [6, 6.07) is 8.60. The summed E-state index contributed by atoms with van der Waals surface area (Å²) >= 11 is 0. The largest absolute Gasteiger partial charge is 0.352 e. The number of hydrogen-bond acceptors (Lipinski definition) is 6. The minimum absolute atomic E-state index is 0.149. The minimum atomic E-state index is -3.43. The molecule has 0 saturated carbocycles. The maximum absolute atomic E-state index is 13.3. The number of carbonyl (C=O) groups excluding carboxylic acids is 1. The molecule has 0 bridgehead atoms. The van der Waals surface area contributed by atoms with E-state index in [1.54, 1.807) is 20.8 Å². The van der Waals surface area contributed by atoms with E-state index >= 15 is 0 Å². The van der Waals surface area contributed by atoms with Crippen molar-refractivity contribution >= 4 is 13.3 Å². The van der Waals surface area contributed by atoms with E-state index in [9.17, 15) is 9.36 Å². The van der Waals surface area contributed by atoms with Gasteiger partial charge in [0.25, 0.3) is 7.37 Å². The smallest absolute Gasteiger partial charge is 0.273 e. The molecule has 1 amide bonds. The van der Waals surface area contributed by atoms with Crippen LogP contribution in [0.4, 0.5) is 0 Å². The number of ether oxygens (including phenoxy) is 2. The summed E-state index contributed by atoms with van der Waals surface area (Å²) in [5.74, 6) is -0.996. The molecule has 0 aromatic heterocycles. The van der Waals surface area contributed by atoms with E-state index in [2.05, 4.69) is 5.32 Å². The first-order valence-corrected chi connectivity index (χ1v) is 10.8. The molecule has 2 atom stereocenters. The lowest BCUT2D eigenvalue weighted by atomic mass is 10.2. The zero-order valence-electron chi connectivity index (χ0n) is 15.8. The average molecular weight is 386 g/mol. The summed E-state index contributed by atoms with van der Waals surface area (Å²) in [7, 11) is -3.43. The standard InChI is InChI=1S/C18H31N2O5P/c1-4-23-18(24-5-2)26(22,25-6-3)16(19)12-13-17(21)20-14-15-10-8-7-9-11-15/h7-11,16,18H,4-6,12-14,19H2,1-3H3,(H,20,21)/t16-,26?/m1/s1. The first-order valence-electron chi connectivity index (χ1n) is 9.01. The van der Waals surface area contributed by atoms with Crippen molar-refractivity contribution in [2.24, 2.45) is 5.73 Å². The molecule has 0 aliphatic heterocycles. The van der Waals surface area contributed by atoms with Gasteiger partial charge >= 0.3 is 0 Å². The lowest BCUT2D eigenvalue weighted by Gasteiger charge is -2.30. The van der Waals surface area contributed by atoms with Crippen LogP contribution in [0.2, 0.25) is 0 Å². The molecule has 1 aromatic carbocycles. The molecule has 1 rings (SSSR count). The van der Waals surface area contributed by atoms with Crippen molar-refractivity contribution in [2.75, 3.05) is 19.8 Å². The number of hydrogen-bond donors (Lipinski definition) is 2. The first-order chi connectivity index (χ1) is 12.5. The van der Waals surface area contributed by atoms with Crippen LogP contribution < -0.4 is 11.1 Å². The lowest BCUT2D eigenvalue weighted by molar-refractivity contribution is -0.121. The van der Waals surface area contributed by atoms with Gasteiger partial charge in [0.1, 0.15) is 0 Å². The third kappa shape index (κ3) is 7.17. The molecule has 26 heavy (non-hydrogen) atoms. The monoisotopic (exact) mass is 386 g/mol. The van der Waals surface area contributed by atoms with Gasteiger partial charge in [-0.15, -0.1) is 0 Å². The Morgan fingerprint density at radius 1 is 1.12 bits per heavy atom. The van der Waals surface area contributed by atoms with E-state index in [0.717, 1.165) is 5.56 Å². The highest BCUT2D eigenvalue weighted by atomic mass is 31.2. The van der Waals surface area contributed by atoms with Gasteiger partial charge in [0.05, 0.1) is 12.4 Å². The maximum atomic E-state index is 13.3. The van der Waals surface area contributed by atoms with Crippen LogP contribution in [-0.2, 0) is 29.9 Å². The van der Waals surface area contributed by atoms with Crippen molar-refractivity contribution in [2.45, 2.75) is 52.0 Å².